The van der Waals surface area contributed by atoms with E-state index in [1.54, 1.807) is 18.9 Å². The van der Waals surface area contributed by atoms with Crippen molar-refractivity contribution < 1.29 is 4.74 Å². The molecular weight excluding hydrogens is 398 g/mol. The van der Waals surface area contributed by atoms with Crippen LogP contribution in [0.2, 0.25) is 0 Å². The Kier molecular flexibility index (Phi) is 4.45. The van der Waals surface area contributed by atoms with Gasteiger partial charge in [-0.15, -0.1) is 11.8 Å². The maximum absolute atomic E-state index is 5.24. The summed E-state index contributed by atoms with van der Waals surface area (Å²) in [5.74, 6) is 0.965. The second-order valence-corrected chi connectivity index (χ2v) is 5.15. The predicted molar refractivity (Wildman–Crippen MR) is 70.2 cm³/mol. The van der Waals surface area contributed by atoms with E-state index in [-0.39, 0.29) is 0 Å². The highest BCUT2D eigenvalue weighted by molar-refractivity contribution is 14.1. The van der Waals surface area contributed by atoms with Crippen molar-refractivity contribution in [2.75, 3.05) is 13.4 Å². The zero-order valence-electron chi connectivity index (χ0n) is 6.73. The zero-order chi connectivity index (χ0) is 9.14. The average molecular weight is 406 g/mol. The third-order valence-electron chi connectivity index (χ3n) is 1.44. The van der Waals surface area contributed by atoms with Gasteiger partial charge >= 0.3 is 0 Å². The molecule has 0 radical (unpaired) electrons. The van der Waals surface area contributed by atoms with Crippen LogP contribution in [0.3, 0.4) is 0 Å². The highest BCUT2D eigenvalue weighted by atomic mass is 127. The number of rotatable bonds is 2. The lowest BCUT2D eigenvalue weighted by Crippen LogP contribution is -1.90. The zero-order valence-corrected chi connectivity index (χ0v) is 11.9. The first-order valence-electron chi connectivity index (χ1n) is 3.26. The van der Waals surface area contributed by atoms with Crippen molar-refractivity contribution in [3.63, 3.8) is 0 Å². The van der Waals surface area contributed by atoms with Gasteiger partial charge in [0.05, 0.1) is 12.0 Å². The fraction of sp³-hybridized carbons (Fsp3) is 0.250. The third-order valence-corrected chi connectivity index (χ3v) is 5.67. The van der Waals surface area contributed by atoms with Crippen LogP contribution in [0.1, 0.15) is 0 Å². The molecule has 0 spiro atoms. The van der Waals surface area contributed by atoms with Crippen LogP contribution in [0.25, 0.3) is 0 Å². The second-order valence-electron chi connectivity index (χ2n) is 2.10. The third kappa shape index (κ3) is 2.20. The Morgan fingerprint density at radius 2 is 2.00 bits per heavy atom. The highest BCUT2D eigenvalue weighted by Gasteiger charge is 2.08. The molecule has 0 saturated heterocycles. The predicted octanol–water partition coefficient (Wildman–Crippen LogP) is 3.63. The Labute approximate surface area is 104 Å². The molecule has 1 aromatic carbocycles. The maximum atomic E-state index is 5.24. The van der Waals surface area contributed by atoms with Gasteiger partial charge in [0.25, 0.3) is 0 Å². The minimum Gasteiger partial charge on any atom is -0.496 e. The molecule has 0 fully saturated rings. The number of ether oxygens (including phenoxy) is 1. The van der Waals surface area contributed by atoms with Gasteiger partial charge in [-0.1, -0.05) is 0 Å². The molecule has 0 N–H and O–H groups in total. The molecular formula is C8H8I2OS. The number of hydrogen-bond donors (Lipinski definition) is 0. The van der Waals surface area contributed by atoms with Crippen LogP contribution in [0.4, 0.5) is 0 Å². The molecule has 1 rings (SSSR count). The van der Waals surface area contributed by atoms with Crippen molar-refractivity contribution in [3.8, 4) is 5.75 Å². The molecule has 12 heavy (non-hydrogen) atoms. The summed E-state index contributed by atoms with van der Waals surface area (Å²) in [6.07, 6.45) is 2.07. The van der Waals surface area contributed by atoms with Crippen LogP contribution in [-0.2, 0) is 0 Å². The molecule has 0 unspecified atom stereocenters. The van der Waals surface area contributed by atoms with Gasteiger partial charge in [-0.25, -0.2) is 0 Å². The van der Waals surface area contributed by atoms with Crippen LogP contribution >= 0.6 is 56.9 Å². The summed E-state index contributed by atoms with van der Waals surface area (Å²) in [6, 6.07) is 4.08. The largest absolute Gasteiger partial charge is 0.496 e. The fourth-order valence-electron chi connectivity index (χ4n) is 0.865. The molecule has 0 amide bonds. The first-order valence-corrected chi connectivity index (χ1v) is 6.65. The lowest BCUT2D eigenvalue weighted by atomic mass is 10.3. The van der Waals surface area contributed by atoms with Gasteiger partial charge in [0.2, 0.25) is 0 Å². The van der Waals surface area contributed by atoms with Crippen molar-refractivity contribution >= 4 is 56.9 Å². The van der Waals surface area contributed by atoms with E-state index in [1.807, 2.05) is 6.07 Å². The normalized spacial score (nSPS) is 10.0. The Morgan fingerprint density at radius 1 is 1.33 bits per heavy atom. The molecule has 0 bridgehead atoms. The van der Waals surface area contributed by atoms with E-state index in [0.717, 1.165) is 5.75 Å². The highest BCUT2D eigenvalue weighted by Crippen LogP contribution is 2.34. The molecule has 0 aliphatic rings. The van der Waals surface area contributed by atoms with Crippen molar-refractivity contribution in [1.82, 2.24) is 0 Å². The van der Waals surface area contributed by atoms with E-state index < -0.39 is 0 Å². The maximum Gasteiger partial charge on any atom is 0.133 e. The lowest BCUT2D eigenvalue weighted by Gasteiger charge is -2.08. The van der Waals surface area contributed by atoms with Gasteiger partial charge in [0.1, 0.15) is 5.75 Å². The summed E-state index contributed by atoms with van der Waals surface area (Å²) in [4.78, 5) is 1.23. The van der Waals surface area contributed by atoms with Crippen LogP contribution in [0.5, 0.6) is 5.75 Å². The Hall–Kier alpha value is 0.830. The van der Waals surface area contributed by atoms with Crippen molar-refractivity contribution in [2.45, 2.75) is 4.90 Å². The van der Waals surface area contributed by atoms with E-state index in [0.29, 0.717) is 0 Å². The van der Waals surface area contributed by atoms with E-state index in [4.69, 9.17) is 4.74 Å². The Morgan fingerprint density at radius 3 is 2.50 bits per heavy atom. The lowest BCUT2D eigenvalue weighted by molar-refractivity contribution is 0.404. The van der Waals surface area contributed by atoms with Gasteiger partial charge in [0.15, 0.2) is 0 Å². The molecule has 66 valence electrons. The minimum absolute atomic E-state index is 0.965. The van der Waals surface area contributed by atoms with Crippen molar-refractivity contribution in [1.29, 1.82) is 0 Å². The fourth-order valence-corrected chi connectivity index (χ4v) is 3.25. The standard InChI is InChI=1S/C8H8I2OS/c1-11-6-4-3-5(9)7(10)8(6)12-2/h3-4H,1-2H3. The number of thioether (sulfide) groups is 1. The summed E-state index contributed by atoms with van der Waals surface area (Å²) >= 11 is 6.40. The van der Waals surface area contributed by atoms with E-state index in [1.165, 1.54) is 12.0 Å². The molecule has 0 saturated carbocycles. The Bertz CT molecular complexity index is 289. The van der Waals surface area contributed by atoms with E-state index >= 15 is 0 Å². The Balaban J connectivity index is 3.25. The van der Waals surface area contributed by atoms with Crippen LogP contribution in [0.15, 0.2) is 17.0 Å². The number of halogens is 2. The minimum atomic E-state index is 0.965. The molecule has 0 aromatic heterocycles. The monoisotopic (exact) mass is 406 g/mol. The summed E-state index contributed by atoms with van der Waals surface area (Å²) < 4.78 is 7.80. The van der Waals surface area contributed by atoms with Crippen LogP contribution in [0, 0.1) is 7.14 Å². The topological polar surface area (TPSA) is 9.23 Å². The summed E-state index contributed by atoms with van der Waals surface area (Å²) in [7, 11) is 1.71. The van der Waals surface area contributed by atoms with Gasteiger partial charge in [-0.3, -0.25) is 0 Å². The average Bonchev–Trinajstić information content (AvgIpc) is 2.09. The molecule has 0 heterocycles. The van der Waals surface area contributed by atoms with Crippen LogP contribution < -0.4 is 4.74 Å². The second kappa shape index (κ2) is 4.90. The van der Waals surface area contributed by atoms with E-state index in [9.17, 15) is 0 Å². The van der Waals surface area contributed by atoms with E-state index in [2.05, 4.69) is 57.5 Å². The summed E-state index contributed by atoms with van der Waals surface area (Å²) in [5, 5.41) is 0. The first kappa shape index (κ1) is 10.9. The number of benzene rings is 1. The number of methoxy groups -OCH3 is 1. The van der Waals surface area contributed by atoms with Crippen molar-refractivity contribution in [2.24, 2.45) is 0 Å². The molecule has 1 nitrogen and oxygen atoms in total. The van der Waals surface area contributed by atoms with Crippen LogP contribution in [-0.4, -0.2) is 13.4 Å². The molecule has 1 aromatic rings. The van der Waals surface area contributed by atoms with Crippen molar-refractivity contribution in [3.05, 3.63) is 19.3 Å². The molecule has 0 atom stereocenters. The van der Waals surface area contributed by atoms with Gasteiger partial charge in [0, 0.05) is 7.14 Å². The summed E-state index contributed by atoms with van der Waals surface area (Å²) in [5.41, 5.74) is 0. The first-order chi connectivity index (χ1) is 5.70. The smallest absolute Gasteiger partial charge is 0.133 e. The summed E-state index contributed by atoms with van der Waals surface area (Å²) in [6.45, 7) is 0. The van der Waals surface area contributed by atoms with Gasteiger partial charge in [-0.05, 0) is 63.6 Å². The molecule has 0 aliphatic carbocycles. The number of hydrogen-bond acceptors (Lipinski definition) is 2. The quantitative estimate of drug-likeness (QED) is 0.549. The van der Waals surface area contributed by atoms with Gasteiger partial charge in [-0.2, -0.15) is 0 Å². The molecule has 4 heteroatoms. The SMILES string of the molecule is COc1ccc(I)c(I)c1SC. The van der Waals surface area contributed by atoms with Gasteiger partial charge < -0.3 is 4.74 Å². The molecule has 0 aliphatic heterocycles.